The number of esters is 1. The number of carbonyl (C=O) groups excluding carboxylic acids is 2. The van der Waals surface area contributed by atoms with Crippen LogP contribution in [0.25, 0.3) is 10.8 Å². The van der Waals surface area contributed by atoms with Gasteiger partial charge in [-0.3, -0.25) is 9.35 Å². The topological polar surface area (TPSA) is 110 Å². The summed E-state index contributed by atoms with van der Waals surface area (Å²) in [5, 5.41) is -0.855. The Morgan fingerprint density at radius 2 is 1.55 bits per heavy atom. The van der Waals surface area contributed by atoms with Gasteiger partial charge in [0.05, 0.1) is 5.56 Å². The molecular weight excluding hydrogens is 408 g/mol. The number of fused-ring (bicyclic) bond motifs is 1. The molecule has 0 spiro atoms. The van der Waals surface area contributed by atoms with Gasteiger partial charge in [0.1, 0.15) is 5.75 Å². The second-order valence-electron chi connectivity index (χ2n) is 5.89. The molecule has 1 amide bonds. The van der Waals surface area contributed by atoms with E-state index in [0.717, 1.165) is 16.8 Å². The van der Waals surface area contributed by atoms with Crippen molar-refractivity contribution in [2.75, 3.05) is 5.32 Å². The third-order valence-corrected chi connectivity index (χ3v) is 4.72. The fourth-order valence-corrected chi connectivity index (χ4v) is 2.73. The summed E-state index contributed by atoms with van der Waals surface area (Å²) in [6.45, 7) is 0. The summed E-state index contributed by atoms with van der Waals surface area (Å²) in [4.78, 5) is 24.1. The molecule has 0 fully saturated rings. The summed E-state index contributed by atoms with van der Waals surface area (Å²) < 4.78 is 61.1. The van der Waals surface area contributed by atoms with Gasteiger partial charge in [0.25, 0.3) is 5.91 Å². The SMILES string of the molecule is O=C(Nc1ccc2ccccc2c1)c1ccccc1OC(=O)C(F)(F)S(=O)(=O)O. The number of rotatable bonds is 5. The lowest BCUT2D eigenvalue weighted by Crippen LogP contribution is -2.40. The van der Waals surface area contributed by atoms with E-state index in [0.29, 0.717) is 5.69 Å². The van der Waals surface area contributed by atoms with Crippen molar-refractivity contribution >= 4 is 38.5 Å². The molecule has 2 N–H and O–H groups in total. The Morgan fingerprint density at radius 3 is 2.24 bits per heavy atom. The standard InChI is InChI=1S/C19H13F2NO6S/c20-19(21,29(25,26)27)18(24)28-16-8-4-3-7-15(16)17(23)22-14-10-9-12-5-1-2-6-13(12)11-14/h1-11H,(H,22,23)(H,25,26,27). The number of anilines is 1. The van der Waals surface area contributed by atoms with Crippen LogP contribution in [-0.4, -0.2) is 30.1 Å². The second kappa shape index (κ2) is 7.57. The zero-order chi connectivity index (χ0) is 21.2. The molecule has 0 saturated carbocycles. The molecule has 0 aliphatic rings. The Morgan fingerprint density at radius 1 is 0.931 bits per heavy atom. The maximum absolute atomic E-state index is 13.4. The molecule has 0 aliphatic carbocycles. The number of para-hydroxylation sites is 1. The van der Waals surface area contributed by atoms with E-state index in [1.807, 2.05) is 24.3 Å². The van der Waals surface area contributed by atoms with Gasteiger partial charge in [-0.2, -0.15) is 17.2 Å². The summed E-state index contributed by atoms with van der Waals surface area (Å²) in [7, 11) is -6.03. The van der Waals surface area contributed by atoms with E-state index < -0.39 is 33.0 Å². The number of carbonyl (C=O) groups is 2. The molecule has 3 aromatic carbocycles. The maximum atomic E-state index is 13.4. The van der Waals surface area contributed by atoms with Crippen LogP contribution < -0.4 is 10.1 Å². The summed E-state index contributed by atoms with van der Waals surface area (Å²) in [5.74, 6) is -3.91. The predicted molar refractivity (Wildman–Crippen MR) is 100 cm³/mol. The van der Waals surface area contributed by atoms with Crippen molar-refractivity contribution in [3.05, 3.63) is 72.3 Å². The minimum atomic E-state index is -6.03. The van der Waals surface area contributed by atoms with Crippen LogP contribution in [0, 0.1) is 0 Å². The Balaban J connectivity index is 1.85. The highest BCUT2D eigenvalue weighted by Crippen LogP contribution is 2.27. The zero-order valence-corrected chi connectivity index (χ0v) is 15.3. The minimum absolute atomic E-state index is 0.292. The highest BCUT2D eigenvalue weighted by molar-refractivity contribution is 7.87. The van der Waals surface area contributed by atoms with E-state index in [4.69, 9.17) is 4.55 Å². The maximum Gasteiger partial charge on any atom is 0.466 e. The van der Waals surface area contributed by atoms with E-state index in [1.165, 1.54) is 18.2 Å². The van der Waals surface area contributed by atoms with Gasteiger partial charge in [-0.05, 0) is 35.0 Å². The van der Waals surface area contributed by atoms with Gasteiger partial charge in [-0.25, -0.2) is 4.79 Å². The molecule has 150 valence electrons. The predicted octanol–water partition coefficient (Wildman–Crippen LogP) is 3.48. The van der Waals surface area contributed by atoms with Crippen LogP contribution in [0.5, 0.6) is 5.75 Å². The summed E-state index contributed by atoms with van der Waals surface area (Å²) >= 11 is 0. The Hall–Kier alpha value is -3.37. The van der Waals surface area contributed by atoms with Gasteiger partial charge >= 0.3 is 21.3 Å². The number of halogens is 2. The first-order chi connectivity index (χ1) is 13.6. The van der Waals surface area contributed by atoms with Crippen molar-refractivity contribution in [1.29, 1.82) is 0 Å². The molecule has 0 atom stereocenters. The lowest BCUT2D eigenvalue weighted by atomic mass is 10.1. The third kappa shape index (κ3) is 4.23. The number of hydrogen-bond acceptors (Lipinski definition) is 5. The molecule has 0 unspecified atom stereocenters. The molecule has 7 nitrogen and oxygen atoms in total. The number of ether oxygens (including phenoxy) is 1. The van der Waals surface area contributed by atoms with Gasteiger partial charge in [-0.1, -0.05) is 42.5 Å². The summed E-state index contributed by atoms with van der Waals surface area (Å²) in [5.41, 5.74) is 0.109. The van der Waals surface area contributed by atoms with Crippen LogP contribution in [0.1, 0.15) is 10.4 Å². The first-order valence-electron chi connectivity index (χ1n) is 8.06. The fraction of sp³-hybridized carbons (Fsp3) is 0.0526. The average molecular weight is 421 g/mol. The van der Waals surface area contributed by atoms with Crippen LogP contribution in [0.15, 0.2) is 66.7 Å². The Kier molecular flexibility index (Phi) is 5.31. The normalized spacial score (nSPS) is 11.8. The molecule has 0 radical (unpaired) electrons. The van der Waals surface area contributed by atoms with E-state index in [-0.39, 0.29) is 5.56 Å². The number of nitrogens with one attached hydrogen (secondary N) is 1. The molecule has 29 heavy (non-hydrogen) atoms. The van der Waals surface area contributed by atoms with Crippen molar-refractivity contribution in [1.82, 2.24) is 0 Å². The molecule has 10 heteroatoms. The fourth-order valence-electron chi connectivity index (χ4n) is 2.47. The van der Waals surface area contributed by atoms with Crippen LogP contribution in [0.3, 0.4) is 0 Å². The minimum Gasteiger partial charge on any atom is -0.420 e. The molecule has 0 saturated heterocycles. The summed E-state index contributed by atoms with van der Waals surface area (Å²) in [6.07, 6.45) is 0. The van der Waals surface area contributed by atoms with E-state index in [2.05, 4.69) is 10.1 Å². The van der Waals surface area contributed by atoms with Gasteiger partial charge in [-0.15, -0.1) is 0 Å². The molecule has 0 heterocycles. The molecule has 0 aromatic heterocycles. The zero-order valence-electron chi connectivity index (χ0n) is 14.5. The monoisotopic (exact) mass is 421 g/mol. The van der Waals surface area contributed by atoms with Crippen molar-refractivity contribution in [2.24, 2.45) is 0 Å². The molecule has 3 aromatic rings. The van der Waals surface area contributed by atoms with Gasteiger partial charge in [0, 0.05) is 5.69 Å². The highest BCUT2D eigenvalue weighted by atomic mass is 32.2. The highest BCUT2D eigenvalue weighted by Gasteiger charge is 2.54. The van der Waals surface area contributed by atoms with Gasteiger partial charge in [0.15, 0.2) is 0 Å². The number of benzene rings is 3. The van der Waals surface area contributed by atoms with Crippen LogP contribution in [-0.2, 0) is 14.9 Å². The van der Waals surface area contributed by atoms with Crippen molar-refractivity contribution in [2.45, 2.75) is 5.25 Å². The van der Waals surface area contributed by atoms with Crippen LogP contribution >= 0.6 is 0 Å². The molecule has 0 bridgehead atoms. The number of hydrogen-bond donors (Lipinski definition) is 2. The first kappa shape index (κ1) is 20.4. The Labute approximate surface area is 163 Å². The van der Waals surface area contributed by atoms with Gasteiger partial charge in [0.2, 0.25) is 0 Å². The number of amides is 1. The van der Waals surface area contributed by atoms with Crippen molar-refractivity contribution < 1.29 is 36.1 Å². The molecular formula is C19H13F2NO6S. The van der Waals surface area contributed by atoms with E-state index >= 15 is 0 Å². The van der Waals surface area contributed by atoms with E-state index in [9.17, 15) is 26.8 Å². The third-order valence-electron chi connectivity index (χ3n) is 3.90. The first-order valence-corrected chi connectivity index (χ1v) is 9.50. The average Bonchev–Trinajstić information content (AvgIpc) is 2.67. The number of alkyl halides is 2. The lowest BCUT2D eigenvalue weighted by Gasteiger charge is -2.14. The quantitative estimate of drug-likeness (QED) is 0.371. The van der Waals surface area contributed by atoms with E-state index in [1.54, 1.807) is 18.2 Å². The largest absolute Gasteiger partial charge is 0.466 e. The Bertz CT molecular complexity index is 1210. The summed E-state index contributed by atoms with van der Waals surface area (Å²) in [6, 6.07) is 17.4. The molecule has 0 aliphatic heterocycles. The van der Waals surface area contributed by atoms with Crippen molar-refractivity contribution in [3.63, 3.8) is 0 Å². The molecule has 3 rings (SSSR count). The lowest BCUT2D eigenvalue weighted by molar-refractivity contribution is -0.151. The smallest absolute Gasteiger partial charge is 0.420 e. The van der Waals surface area contributed by atoms with Crippen LogP contribution in [0.4, 0.5) is 14.5 Å². The second-order valence-corrected chi connectivity index (χ2v) is 7.36. The van der Waals surface area contributed by atoms with Crippen LogP contribution in [0.2, 0.25) is 0 Å². The van der Waals surface area contributed by atoms with Crippen molar-refractivity contribution in [3.8, 4) is 5.75 Å². The van der Waals surface area contributed by atoms with Gasteiger partial charge < -0.3 is 10.1 Å².